The van der Waals surface area contributed by atoms with Gasteiger partial charge in [-0.3, -0.25) is 4.68 Å². The molecule has 1 unspecified atom stereocenters. The average Bonchev–Trinajstić information content (AvgIpc) is 2.70. The molecule has 0 amide bonds. The number of aliphatic hydroxyl groups is 1. The molecule has 0 aromatic carbocycles. The van der Waals surface area contributed by atoms with Crippen LogP contribution in [0.1, 0.15) is 12.8 Å². The van der Waals surface area contributed by atoms with E-state index in [9.17, 15) is 5.11 Å². The second-order valence-electron chi connectivity index (χ2n) is 3.39. The molecule has 1 rings (SSSR count). The van der Waals surface area contributed by atoms with Crippen molar-refractivity contribution in [2.45, 2.75) is 25.5 Å². The lowest BCUT2D eigenvalue weighted by Crippen LogP contribution is -2.31. The Bertz CT molecular complexity index is 289. The molecule has 0 saturated carbocycles. The van der Waals surface area contributed by atoms with Gasteiger partial charge in [0.2, 0.25) is 0 Å². The third kappa shape index (κ3) is 5.21. The Morgan fingerprint density at radius 2 is 2.47 bits per heavy atom. The Hall–Kier alpha value is -1.31. The van der Waals surface area contributed by atoms with Gasteiger partial charge in [0.15, 0.2) is 0 Å². The summed E-state index contributed by atoms with van der Waals surface area (Å²) in [5, 5.41) is 16.8. The third-order valence-corrected chi connectivity index (χ3v) is 2.01. The lowest BCUT2D eigenvalue weighted by Gasteiger charge is -2.11. The number of nitrogens with one attached hydrogen (secondary N) is 1. The Morgan fingerprint density at radius 3 is 3.13 bits per heavy atom. The molecular weight excluding hydrogens is 190 g/mol. The molecular formula is C11H17N3O. The van der Waals surface area contributed by atoms with Crippen molar-refractivity contribution in [3.63, 3.8) is 0 Å². The van der Waals surface area contributed by atoms with E-state index in [1.807, 2.05) is 12.3 Å². The lowest BCUT2D eigenvalue weighted by molar-refractivity contribution is 0.147. The number of terminal acetylenes is 1. The van der Waals surface area contributed by atoms with Crippen molar-refractivity contribution in [2.75, 3.05) is 13.1 Å². The minimum atomic E-state index is -0.407. The van der Waals surface area contributed by atoms with Gasteiger partial charge in [-0.25, -0.2) is 0 Å². The normalized spacial score (nSPS) is 12.3. The van der Waals surface area contributed by atoms with Crippen molar-refractivity contribution < 1.29 is 5.11 Å². The maximum Gasteiger partial charge on any atom is 0.0860 e. The number of unbranched alkanes of at least 4 members (excludes halogenated alkanes) is 1. The van der Waals surface area contributed by atoms with Crippen LogP contribution in [0, 0.1) is 12.3 Å². The second-order valence-corrected chi connectivity index (χ2v) is 3.39. The first-order valence-electron chi connectivity index (χ1n) is 5.12. The van der Waals surface area contributed by atoms with Crippen LogP contribution in [-0.4, -0.2) is 34.1 Å². The number of aromatic nitrogens is 2. The molecule has 1 atom stereocenters. The molecule has 0 spiro atoms. The first kappa shape index (κ1) is 11.8. The molecule has 1 aromatic rings. The second kappa shape index (κ2) is 7.04. The first-order valence-corrected chi connectivity index (χ1v) is 5.12. The Balaban J connectivity index is 2.04. The Morgan fingerprint density at radius 1 is 1.60 bits per heavy atom. The SMILES string of the molecule is C#CCCCNCC(O)Cn1cccn1. The standard InChI is InChI=1S/C11H17N3O/c1-2-3-4-6-12-9-11(15)10-14-8-5-7-13-14/h1,5,7-8,11-12,15H,3-4,6,9-10H2. The van der Waals surface area contributed by atoms with E-state index in [2.05, 4.69) is 16.3 Å². The molecule has 0 aliphatic rings. The molecule has 0 saturated heterocycles. The fraction of sp³-hybridized carbons (Fsp3) is 0.545. The first-order chi connectivity index (χ1) is 7.33. The van der Waals surface area contributed by atoms with E-state index in [0.29, 0.717) is 13.1 Å². The summed E-state index contributed by atoms with van der Waals surface area (Å²) in [6.07, 6.45) is 9.98. The van der Waals surface area contributed by atoms with Crippen LogP contribution >= 0.6 is 0 Å². The number of rotatable bonds is 7. The molecule has 1 heterocycles. The summed E-state index contributed by atoms with van der Waals surface area (Å²) >= 11 is 0. The van der Waals surface area contributed by atoms with Gasteiger partial charge in [0.05, 0.1) is 12.6 Å². The Kier molecular flexibility index (Phi) is 5.52. The van der Waals surface area contributed by atoms with Gasteiger partial charge < -0.3 is 10.4 Å². The molecule has 0 aliphatic heterocycles. The summed E-state index contributed by atoms with van der Waals surface area (Å²) in [6.45, 7) is 1.94. The van der Waals surface area contributed by atoms with Crippen molar-refractivity contribution in [1.29, 1.82) is 0 Å². The summed E-state index contributed by atoms with van der Waals surface area (Å²) in [7, 11) is 0. The smallest absolute Gasteiger partial charge is 0.0860 e. The monoisotopic (exact) mass is 207 g/mol. The summed E-state index contributed by atoms with van der Waals surface area (Å²) in [6, 6.07) is 1.84. The largest absolute Gasteiger partial charge is 0.390 e. The molecule has 0 radical (unpaired) electrons. The number of hydrogen-bond donors (Lipinski definition) is 2. The summed E-state index contributed by atoms with van der Waals surface area (Å²) in [4.78, 5) is 0. The van der Waals surface area contributed by atoms with Crippen LogP contribution in [0.15, 0.2) is 18.5 Å². The van der Waals surface area contributed by atoms with E-state index < -0.39 is 6.10 Å². The van der Waals surface area contributed by atoms with Crippen molar-refractivity contribution in [3.05, 3.63) is 18.5 Å². The summed E-state index contributed by atoms with van der Waals surface area (Å²) in [5.74, 6) is 2.58. The topological polar surface area (TPSA) is 50.1 Å². The van der Waals surface area contributed by atoms with E-state index in [1.165, 1.54) is 0 Å². The van der Waals surface area contributed by atoms with Crippen LogP contribution in [0.3, 0.4) is 0 Å². The van der Waals surface area contributed by atoms with Gasteiger partial charge in [0.25, 0.3) is 0 Å². The molecule has 2 N–H and O–H groups in total. The van der Waals surface area contributed by atoms with E-state index >= 15 is 0 Å². The predicted octanol–water partition coefficient (Wildman–Crippen LogP) is 0.247. The summed E-state index contributed by atoms with van der Waals surface area (Å²) < 4.78 is 1.72. The van der Waals surface area contributed by atoms with Gasteiger partial charge in [-0.15, -0.1) is 12.3 Å². The van der Waals surface area contributed by atoms with E-state index in [1.54, 1.807) is 10.9 Å². The number of nitrogens with zero attached hydrogens (tertiary/aromatic N) is 2. The van der Waals surface area contributed by atoms with Crippen LogP contribution in [0.25, 0.3) is 0 Å². The van der Waals surface area contributed by atoms with Crippen molar-refractivity contribution >= 4 is 0 Å². The predicted molar refractivity (Wildman–Crippen MR) is 59.2 cm³/mol. The molecule has 0 aliphatic carbocycles. The highest BCUT2D eigenvalue weighted by Gasteiger charge is 2.03. The van der Waals surface area contributed by atoms with Gasteiger partial charge in [-0.2, -0.15) is 5.10 Å². The highest BCUT2D eigenvalue weighted by atomic mass is 16.3. The van der Waals surface area contributed by atoms with Crippen LogP contribution in [0.4, 0.5) is 0 Å². The zero-order chi connectivity index (χ0) is 10.9. The summed E-state index contributed by atoms with van der Waals surface area (Å²) in [5.41, 5.74) is 0. The van der Waals surface area contributed by atoms with E-state index in [-0.39, 0.29) is 0 Å². The van der Waals surface area contributed by atoms with Crippen molar-refractivity contribution in [3.8, 4) is 12.3 Å². The van der Waals surface area contributed by atoms with Crippen LogP contribution in [0.2, 0.25) is 0 Å². The quantitative estimate of drug-likeness (QED) is 0.497. The highest BCUT2D eigenvalue weighted by Crippen LogP contribution is 1.90. The van der Waals surface area contributed by atoms with Crippen molar-refractivity contribution in [1.82, 2.24) is 15.1 Å². The minimum absolute atomic E-state index is 0.407. The molecule has 4 heteroatoms. The van der Waals surface area contributed by atoms with Gasteiger partial charge >= 0.3 is 0 Å². The number of hydrogen-bond acceptors (Lipinski definition) is 3. The van der Waals surface area contributed by atoms with Crippen LogP contribution < -0.4 is 5.32 Å². The van der Waals surface area contributed by atoms with Crippen molar-refractivity contribution in [2.24, 2.45) is 0 Å². The van der Waals surface area contributed by atoms with E-state index in [4.69, 9.17) is 6.42 Å². The van der Waals surface area contributed by atoms with Crippen LogP contribution in [-0.2, 0) is 6.54 Å². The fourth-order valence-electron chi connectivity index (χ4n) is 1.27. The molecule has 15 heavy (non-hydrogen) atoms. The van der Waals surface area contributed by atoms with Gasteiger partial charge in [0, 0.05) is 25.4 Å². The van der Waals surface area contributed by atoms with E-state index in [0.717, 1.165) is 19.4 Å². The van der Waals surface area contributed by atoms with Gasteiger partial charge in [-0.1, -0.05) is 0 Å². The molecule has 1 aromatic heterocycles. The Labute approximate surface area is 90.3 Å². The highest BCUT2D eigenvalue weighted by molar-refractivity contribution is 4.83. The maximum atomic E-state index is 9.61. The number of aliphatic hydroxyl groups excluding tert-OH is 1. The molecule has 0 fully saturated rings. The zero-order valence-electron chi connectivity index (χ0n) is 8.76. The average molecular weight is 207 g/mol. The minimum Gasteiger partial charge on any atom is -0.390 e. The fourth-order valence-corrected chi connectivity index (χ4v) is 1.27. The zero-order valence-corrected chi connectivity index (χ0v) is 8.76. The molecule has 0 bridgehead atoms. The lowest BCUT2D eigenvalue weighted by atomic mass is 10.3. The maximum absolute atomic E-state index is 9.61. The molecule has 82 valence electrons. The third-order valence-electron chi connectivity index (χ3n) is 2.01. The molecule has 4 nitrogen and oxygen atoms in total. The van der Waals surface area contributed by atoms with Crippen LogP contribution in [0.5, 0.6) is 0 Å². The van der Waals surface area contributed by atoms with Gasteiger partial charge in [0.1, 0.15) is 0 Å². The van der Waals surface area contributed by atoms with Gasteiger partial charge in [-0.05, 0) is 19.0 Å².